The molecule has 5 atom stereocenters. The van der Waals surface area contributed by atoms with E-state index in [1.165, 1.54) is 20.8 Å². The van der Waals surface area contributed by atoms with Crippen LogP contribution in [0.1, 0.15) is 34.6 Å². The molecule has 1 heterocycles. The van der Waals surface area contributed by atoms with Gasteiger partial charge in [-0.15, -0.1) is 0 Å². The van der Waals surface area contributed by atoms with Crippen molar-refractivity contribution in [3.63, 3.8) is 0 Å². The molecule has 11 nitrogen and oxygen atoms in total. The summed E-state index contributed by atoms with van der Waals surface area (Å²) in [6, 6.07) is -1.01. The van der Waals surface area contributed by atoms with Crippen LogP contribution in [0.3, 0.4) is 0 Å². The number of rotatable bonds is 7. The summed E-state index contributed by atoms with van der Waals surface area (Å²) in [4.78, 5) is 46.2. The third-order valence-electron chi connectivity index (χ3n) is 3.62. The van der Waals surface area contributed by atoms with E-state index < -0.39 is 54.5 Å². The molecule has 1 fully saturated rings. The zero-order chi connectivity index (χ0) is 22.1. The standard InChI is InChI=1S/C17H26N2O9S/c1-6-18-17(29)19-13-15(26-10(4)22)14(25-9(3)21)12(7-24-8(2)20)28-16(13)27-11(5)23/h12-16H,6-7H2,1-5H3,(H2,18,19,29)/t12-,13-,14-,15-,16-/m1/s1. The molecule has 1 saturated heterocycles. The molecule has 0 aromatic rings. The molecular formula is C17H26N2O9S. The first-order valence-corrected chi connectivity index (χ1v) is 9.30. The Balaban J connectivity index is 3.31. The highest BCUT2D eigenvalue weighted by molar-refractivity contribution is 7.80. The second kappa shape index (κ2) is 11.5. The normalized spacial score (nSPS) is 25.9. The highest BCUT2D eigenvalue weighted by atomic mass is 32.1. The predicted octanol–water partition coefficient (Wildman–Crippen LogP) is -0.446. The van der Waals surface area contributed by atoms with Crippen molar-refractivity contribution < 1.29 is 42.9 Å². The average molecular weight is 434 g/mol. The highest BCUT2D eigenvalue weighted by Gasteiger charge is 2.52. The number of hydrogen-bond donors (Lipinski definition) is 2. The van der Waals surface area contributed by atoms with E-state index >= 15 is 0 Å². The van der Waals surface area contributed by atoms with Gasteiger partial charge in [0.05, 0.1) is 0 Å². The quantitative estimate of drug-likeness (QED) is 0.305. The van der Waals surface area contributed by atoms with Gasteiger partial charge in [0.25, 0.3) is 0 Å². The zero-order valence-corrected chi connectivity index (χ0v) is 17.7. The molecular weight excluding hydrogens is 408 g/mol. The first-order valence-electron chi connectivity index (χ1n) is 8.90. The molecule has 164 valence electrons. The summed E-state index contributed by atoms with van der Waals surface area (Å²) in [7, 11) is 0. The van der Waals surface area contributed by atoms with Crippen molar-refractivity contribution in [2.45, 2.75) is 65.3 Å². The molecule has 1 rings (SSSR count). The zero-order valence-electron chi connectivity index (χ0n) is 16.9. The lowest BCUT2D eigenvalue weighted by Gasteiger charge is -2.44. The van der Waals surface area contributed by atoms with Crippen molar-refractivity contribution in [1.29, 1.82) is 0 Å². The maximum atomic E-state index is 11.7. The Labute approximate surface area is 173 Å². The summed E-state index contributed by atoms with van der Waals surface area (Å²) in [5.74, 6) is -2.63. The Morgan fingerprint density at radius 3 is 1.93 bits per heavy atom. The van der Waals surface area contributed by atoms with Crippen LogP contribution in [-0.4, -0.2) is 72.8 Å². The van der Waals surface area contributed by atoms with E-state index in [0.29, 0.717) is 6.54 Å². The largest absolute Gasteiger partial charge is 0.463 e. The molecule has 29 heavy (non-hydrogen) atoms. The predicted molar refractivity (Wildman–Crippen MR) is 101 cm³/mol. The molecule has 0 bridgehead atoms. The number of nitrogens with one attached hydrogen (secondary N) is 2. The van der Waals surface area contributed by atoms with Crippen LogP contribution in [0.4, 0.5) is 0 Å². The van der Waals surface area contributed by atoms with Crippen molar-refractivity contribution in [2.24, 2.45) is 0 Å². The summed E-state index contributed by atoms with van der Waals surface area (Å²) < 4.78 is 26.6. The second-order valence-corrected chi connectivity index (χ2v) is 6.54. The maximum Gasteiger partial charge on any atom is 0.305 e. The fraction of sp³-hybridized carbons (Fsp3) is 0.706. The Bertz CT molecular complexity index is 642. The minimum absolute atomic E-state index is 0.176. The van der Waals surface area contributed by atoms with Gasteiger partial charge in [-0.25, -0.2) is 0 Å². The molecule has 0 radical (unpaired) electrons. The number of carbonyl (C=O) groups is 4. The number of esters is 4. The van der Waals surface area contributed by atoms with Gasteiger partial charge in [-0.05, 0) is 19.1 Å². The first kappa shape index (κ1) is 24.6. The van der Waals surface area contributed by atoms with E-state index in [9.17, 15) is 19.2 Å². The van der Waals surface area contributed by atoms with Gasteiger partial charge in [-0.1, -0.05) is 0 Å². The Kier molecular flexibility index (Phi) is 9.75. The van der Waals surface area contributed by atoms with Crippen LogP contribution in [0, 0.1) is 0 Å². The summed E-state index contributed by atoms with van der Waals surface area (Å²) in [6.45, 7) is 6.68. The lowest BCUT2D eigenvalue weighted by atomic mass is 9.96. The topological polar surface area (TPSA) is 138 Å². The monoisotopic (exact) mass is 434 g/mol. The van der Waals surface area contributed by atoms with Gasteiger partial charge in [0.2, 0.25) is 6.29 Å². The van der Waals surface area contributed by atoms with Crippen LogP contribution in [0.15, 0.2) is 0 Å². The van der Waals surface area contributed by atoms with Crippen LogP contribution in [-0.2, 0) is 42.9 Å². The SMILES string of the molecule is CCNC(=S)N[C@H]1[C@H](OC(C)=O)O[C@H](COC(C)=O)[C@@H](OC(C)=O)[C@@H]1OC(C)=O. The number of carbonyl (C=O) groups excluding carboxylic acids is 4. The Morgan fingerprint density at radius 2 is 1.45 bits per heavy atom. The smallest absolute Gasteiger partial charge is 0.305 e. The molecule has 1 aliphatic heterocycles. The maximum absolute atomic E-state index is 11.7. The van der Waals surface area contributed by atoms with Gasteiger partial charge < -0.3 is 34.3 Å². The summed E-state index contributed by atoms with van der Waals surface area (Å²) in [5.41, 5.74) is 0. The first-order chi connectivity index (χ1) is 13.5. The van der Waals surface area contributed by atoms with Gasteiger partial charge in [0.15, 0.2) is 17.3 Å². The van der Waals surface area contributed by atoms with Crippen molar-refractivity contribution in [3.05, 3.63) is 0 Å². The molecule has 1 aliphatic rings. The van der Waals surface area contributed by atoms with Crippen molar-refractivity contribution >= 4 is 41.2 Å². The summed E-state index contributed by atoms with van der Waals surface area (Å²) >= 11 is 5.17. The second-order valence-electron chi connectivity index (χ2n) is 6.13. The fourth-order valence-electron chi connectivity index (χ4n) is 2.68. The average Bonchev–Trinajstić information content (AvgIpc) is 2.57. The molecule has 0 unspecified atom stereocenters. The molecule has 0 aromatic heterocycles. The van der Waals surface area contributed by atoms with Gasteiger partial charge >= 0.3 is 23.9 Å². The van der Waals surface area contributed by atoms with E-state index in [2.05, 4.69) is 10.6 Å². The Morgan fingerprint density at radius 1 is 0.897 bits per heavy atom. The summed E-state index contributed by atoms with van der Waals surface area (Å²) in [5, 5.41) is 5.89. The van der Waals surface area contributed by atoms with Crippen LogP contribution in [0.5, 0.6) is 0 Å². The van der Waals surface area contributed by atoms with Crippen LogP contribution < -0.4 is 10.6 Å². The molecule has 2 N–H and O–H groups in total. The van der Waals surface area contributed by atoms with Gasteiger partial charge in [0.1, 0.15) is 18.8 Å². The summed E-state index contributed by atoms with van der Waals surface area (Å²) in [6.07, 6.45) is -4.67. The molecule has 0 aliphatic carbocycles. The van der Waals surface area contributed by atoms with E-state index in [1.807, 2.05) is 6.92 Å². The van der Waals surface area contributed by atoms with Crippen LogP contribution in [0.2, 0.25) is 0 Å². The van der Waals surface area contributed by atoms with Crippen molar-refractivity contribution in [2.75, 3.05) is 13.2 Å². The number of thiocarbonyl (C=S) groups is 1. The lowest BCUT2D eigenvalue weighted by Crippen LogP contribution is -2.67. The van der Waals surface area contributed by atoms with Crippen LogP contribution >= 0.6 is 12.2 Å². The fourth-order valence-corrected chi connectivity index (χ4v) is 2.96. The molecule has 0 spiro atoms. The van der Waals surface area contributed by atoms with E-state index in [1.54, 1.807) is 0 Å². The van der Waals surface area contributed by atoms with Gasteiger partial charge in [-0.3, -0.25) is 19.2 Å². The van der Waals surface area contributed by atoms with E-state index in [4.69, 9.17) is 35.9 Å². The van der Waals surface area contributed by atoms with Crippen LogP contribution in [0.25, 0.3) is 0 Å². The van der Waals surface area contributed by atoms with E-state index in [-0.39, 0.29) is 11.7 Å². The third-order valence-corrected chi connectivity index (χ3v) is 3.88. The number of ether oxygens (including phenoxy) is 5. The van der Waals surface area contributed by atoms with Gasteiger partial charge in [-0.2, -0.15) is 0 Å². The molecule has 0 amide bonds. The number of hydrogen-bond acceptors (Lipinski definition) is 10. The highest BCUT2D eigenvalue weighted by Crippen LogP contribution is 2.28. The van der Waals surface area contributed by atoms with Gasteiger partial charge in [0, 0.05) is 34.2 Å². The molecule has 0 aromatic carbocycles. The minimum Gasteiger partial charge on any atom is -0.463 e. The molecule has 0 saturated carbocycles. The van der Waals surface area contributed by atoms with E-state index in [0.717, 1.165) is 6.92 Å². The Hall–Kier alpha value is -2.47. The third kappa shape index (κ3) is 8.20. The minimum atomic E-state index is -1.28. The van der Waals surface area contributed by atoms with Crippen molar-refractivity contribution in [3.8, 4) is 0 Å². The molecule has 12 heteroatoms. The van der Waals surface area contributed by atoms with Crippen molar-refractivity contribution in [1.82, 2.24) is 10.6 Å². The lowest BCUT2D eigenvalue weighted by molar-refractivity contribution is -0.269.